The lowest BCUT2D eigenvalue weighted by Gasteiger charge is -2.30. The minimum atomic E-state index is -3.34. The number of imidazole rings is 1. The number of amides is 2. The van der Waals surface area contributed by atoms with E-state index >= 15 is 0 Å². The van der Waals surface area contributed by atoms with E-state index < -0.39 is 44.6 Å². The number of nitrogens with zero attached hydrogens (tertiary/aromatic N) is 3. The van der Waals surface area contributed by atoms with Crippen molar-refractivity contribution in [2.45, 2.75) is 82.8 Å². The molecule has 1 saturated carbocycles. The predicted molar refractivity (Wildman–Crippen MR) is 147 cm³/mol. The van der Waals surface area contributed by atoms with E-state index in [0.717, 1.165) is 11.2 Å². The van der Waals surface area contributed by atoms with Crippen LogP contribution in [-0.2, 0) is 29.5 Å². The zero-order valence-corrected chi connectivity index (χ0v) is 25.1. The smallest absolute Gasteiger partial charge is 0.419 e. The molecule has 1 aliphatic carbocycles. The van der Waals surface area contributed by atoms with Gasteiger partial charge >= 0.3 is 18.2 Å². The molecule has 11 nitrogen and oxygen atoms in total. The Balaban J connectivity index is 1.76. The fraction of sp³-hybridized carbons (Fsp3) is 0.571. The third-order valence-electron chi connectivity index (χ3n) is 6.50. The SMILES string of the molecule is CC(C[C@H]1CC1(C(=O)O)c1cn(-c2ccc(S(C)(=O)=O)cc2)cn1)CN(C(=O)OC(C)(C)C)C(=O)OC(C)(C)C. The Morgan fingerprint density at radius 3 is 2.05 bits per heavy atom. The van der Waals surface area contributed by atoms with Crippen molar-refractivity contribution in [1.29, 1.82) is 0 Å². The van der Waals surface area contributed by atoms with Crippen LogP contribution in [0.1, 0.15) is 67.0 Å². The molecule has 2 amide bonds. The van der Waals surface area contributed by atoms with Crippen molar-refractivity contribution in [2.75, 3.05) is 12.8 Å². The van der Waals surface area contributed by atoms with Gasteiger partial charge in [0.05, 0.1) is 16.9 Å². The fourth-order valence-corrected chi connectivity index (χ4v) is 5.22. The summed E-state index contributed by atoms with van der Waals surface area (Å²) in [5.41, 5.74) is -1.81. The summed E-state index contributed by atoms with van der Waals surface area (Å²) in [6, 6.07) is 6.23. The highest BCUT2D eigenvalue weighted by molar-refractivity contribution is 7.90. The van der Waals surface area contributed by atoms with Gasteiger partial charge in [-0.05, 0) is 90.5 Å². The number of aliphatic carboxylic acids is 1. The fourth-order valence-electron chi connectivity index (χ4n) is 4.59. The molecule has 3 atom stereocenters. The van der Waals surface area contributed by atoms with Gasteiger partial charge in [-0.1, -0.05) is 6.92 Å². The largest absolute Gasteiger partial charge is 0.481 e. The Hall–Kier alpha value is -3.41. The van der Waals surface area contributed by atoms with Gasteiger partial charge in [0, 0.05) is 24.7 Å². The molecule has 1 fully saturated rings. The third-order valence-corrected chi connectivity index (χ3v) is 7.63. The van der Waals surface area contributed by atoms with Crippen molar-refractivity contribution in [3.8, 4) is 5.69 Å². The number of carboxylic acids is 1. The molecule has 2 aromatic rings. The Labute approximate surface area is 235 Å². The van der Waals surface area contributed by atoms with Crippen LogP contribution in [0.15, 0.2) is 41.7 Å². The number of carboxylic acid groups (broad SMARTS) is 1. The van der Waals surface area contributed by atoms with Gasteiger partial charge in [0.2, 0.25) is 0 Å². The van der Waals surface area contributed by atoms with E-state index in [9.17, 15) is 27.9 Å². The Bertz CT molecular complexity index is 1340. The van der Waals surface area contributed by atoms with Gasteiger partial charge < -0.3 is 19.1 Å². The zero-order valence-electron chi connectivity index (χ0n) is 24.3. The maximum absolute atomic E-state index is 12.9. The summed E-state index contributed by atoms with van der Waals surface area (Å²) < 4.78 is 36.0. The normalized spacial score (nSPS) is 19.9. The number of benzene rings is 1. The summed E-state index contributed by atoms with van der Waals surface area (Å²) in [5, 5.41) is 10.2. The minimum Gasteiger partial charge on any atom is -0.481 e. The molecule has 220 valence electrons. The van der Waals surface area contributed by atoms with Gasteiger partial charge in [-0.15, -0.1) is 0 Å². The highest BCUT2D eigenvalue weighted by Crippen LogP contribution is 2.57. The number of ether oxygens (including phenoxy) is 2. The molecule has 1 aromatic carbocycles. The first-order chi connectivity index (χ1) is 18.2. The summed E-state index contributed by atoms with van der Waals surface area (Å²) in [6.45, 7) is 12.0. The highest BCUT2D eigenvalue weighted by atomic mass is 32.2. The van der Waals surface area contributed by atoms with E-state index in [4.69, 9.17) is 9.47 Å². The van der Waals surface area contributed by atoms with Gasteiger partial charge in [-0.25, -0.2) is 27.9 Å². The van der Waals surface area contributed by atoms with Crippen molar-refractivity contribution < 1.29 is 37.4 Å². The molecule has 0 saturated heterocycles. The molecule has 1 N–H and O–H groups in total. The van der Waals surface area contributed by atoms with Crippen LogP contribution in [0.3, 0.4) is 0 Å². The van der Waals surface area contributed by atoms with E-state index in [-0.39, 0.29) is 23.3 Å². The van der Waals surface area contributed by atoms with Crippen LogP contribution >= 0.6 is 0 Å². The zero-order chi connectivity index (χ0) is 30.3. The summed E-state index contributed by atoms with van der Waals surface area (Å²) in [6.07, 6.45) is 3.40. The standard InChI is InChI=1S/C28H39N3O8S/c1-18(15-31(24(34)38-26(2,3)4)25(35)39-27(5,6)7)13-19-14-28(19,23(32)33)22-16-30(17-29-22)20-9-11-21(12-10-20)40(8,36)37/h9-12,16-19H,13-15H2,1-8H3,(H,32,33)/t18?,19-,28?/m0/s1. The second-order valence-corrected chi connectivity index (χ2v) is 14.5. The van der Waals surface area contributed by atoms with E-state index in [1.165, 1.54) is 18.5 Å². The Kier molecular flexibility index (Phi) is 8.46. The lowest BCUT2D eigenvalue weighted by molar-refractivity contribution is -0.140. The molecule has 1 aromatic heterocycles. The van der Waals surface area contributed by atoms with Crippen molar-refractivity contribution in [1.82, 2.24) is 14.5 Å². The van der Waals surface area contributed by atoms with Gasteiger partial charge in [-0.3, -0.25) is 4.79 Å². The van der Waals surface area contributed by atoms with E-state index in [1.54, 1.807) is 64.4 Å². The first kappa shape index (κ1) is 31.1. The molecule has 12 heteroatoms. The average molecular weight is 578 g/mol. The van der Waals surface area contributed by atoms with E-state index in [0.29, 0.717) is 24.2 Å². The summed E-state index contributed by atoms with van der Waals surface area (Å²) >= 11 is 0. The summed E-state index contributed by atoms with van der Waals surface area (Å²) in [4.78, 5) is 43.7. The lowest BCUT2D eigenvalue weighted by Crippen LogP contribution is -2.45. The monoisotopic (exact) mass is 577 g/mol. The molecular formula is C28H39N3O8S. The van der Waals surface area contributed by atoms with Gasteiger partial charge in [0.1, 0.15) is 16.6 Å². The maximum atomic E-state index is 12.9. The van der Waals surface area contributed by atoms with Crippen molar-refractivity contribution in [3.05, 3.63) is 42.5 Å². The van der Waals surface area contributed by atoms with Crippen LogP contribution in [0.25, 0.3) is 5.69 Å². The van der Waals surface area contributed by atoms with Crippen LogP contribution < -0.4 is 0 Å². The molecule has 3 rings (SSSR count). The van der Waals surface area contributed by atoms with Crippen LogP contribution in [0, 0.1) is 11.8 Å². The second kappa shape index (κ2) is 10.9. The van der Waals surface area contributed by atoms with Crippen molar-refractivity contribution in [3.63, 3.8) is 0 Å². The molecule has 0 spiro atoms. The molecule has 1 heterocycles. The second-order valence-electron chi connectivity index (χ2n) is 12.5. The van der Waals surface area contributed by atoms with E-state index in [1.807, 2.05) is 6.92 Å². The number of hydrogen-bond donors (Lipinski definition) is 1. The number of carbonyl (C=O) groups excluding carboxylic acids is 2. The average Bonchev–Trinajstić information content (AvgIpc) is 3.28. The lowest BCUT2D eigenvalue weighted by atomic mass is 9.94. The van der Waals surface area contributed by atoms with E-state index in [2.05, 4.69) is 4.98 Å². The first-order valence-corrected chi connectivity index (χ1v) is 14.9. The van der Waals surface area contributed by atoms with Crippen LogP contribution in [0.5, 0.6) is 0 Å². The molecular weight excluding hydrogens is 538 g/mol. The highest BCUT2D eigenvalue weighted by Gasteiger charge is 2.63. The first-order valence-electron chi connectivity index (χ1n) is 13.0. The molecule has 0 aliphatic heterocycles. The van der Waals surface area contributed by atoms with Gasteiger partial charge in [0.15, 0.2) is 9.84 Å². The maximum Gasteiger partial charge on any atom is 0.419 e. The summed E-state index contributed by atoms with van der Waals surface area (Å²) in [7, 11) is -3.34. The van der Waals surface area contributed by atoms with Crippen molar-refractivity contribution >= 4 is 28.0 Å². The third kappa shape index (κ3) is 7.41. The number of carbonyl (C=O) groups is 3. The van der Waals surface area contributed by atoms with Gasteiger partial charge in [-0.2, -0.15) is 0 Å². The number of sulfone groups is 1. The summed E-state index contributed by atoms with van der Waals surface area (Å²) in [5.74, 6) is -1.52. The number of hydrogen-bond acceptors (Lipinski definition) is 8. The molecule has 1 aliphatic rings. The topological polar surface area (TPSA) is 145 Å². The molecule has 40 heavy (non-hydrogen) atoms. The molecule has 2 unspecified atom stereocenters. The number of aromatic nitrogens is 2. The van der Waals surface area contributed by atoms with Gasteiger partial charge in [0.25, 0.3) is 0 Å². The number of rotatable bonds is 8. The van der Waals surface area contributed by atoms with Crippen LogP contribution in [0.2, 0.25) is 0 Å². The predicted octanol–water partition coefficient (Wildman–Crippen LogP) is 4.82. The molecule has 0 radical (unpaired) electrons. The Morgan fingerprint density at radius 2 is 1.60 bits per heavy atom. The van der Waals surface area contributed by atoms with Crippen LogP contribution in [-0.4, -0.2) is 70.1 Å². The minimum absolute atomic E-state index is 0.00283. The van der Waals surface area contributed by atoms with Crippen molar-refractivity contribution in [2.24, 2.45) is 11.8 Å². The Morgan fingerprint density at radius 1 is 1.07 bits per heavy atom. The van der Waals surface area contributed by atoms with Crippen LogP contribution in [0.4, 0.5) is 9.59 Å². The molecule has 0 bridgehead atoms. The quantitative estimate of drug-likeness (QED) is 0.467. The number of imide groups is 1.